The molecule has 0 unspecified atom stereocenters. The number of phenols is 1. The van der Waals surface area contributed by atoms with Gasteiger partial charge in [0.1, 0.15) is 0 Å². The van der Waals surface area contributed by atoms with E-state index in [0.29, 0.717) is 33.7 Å². The van der Waals surface area contributed by atoms with E-state index in [9.17, 15) is 14.7 Å². The number of aromatic hydroxyl groups is 1. The van der Waals surface area contributed by atoms with E-state index < -0.39 is 5.91 Å². The third kappa shape index (κ3) is 3.27. The van der Waals surface area contributed by atoms with Crippen molar-refractivity contribution in [3.63, 3.8) is 0 Å². The minimum absolute atomic E-state index is 0.0153. The minimum Gasteiger partial charge on any atom is -0.504 e. The van der Waals surface area contributed by atoms with Gasteiger partial charge in [0.25, 0.3) is 11.8 Å². The molecule has 29 heavy (non-hydrogen) atoms. The summed E-state index contributed by atoms with van der Waals surface area (Å²) >= 11 is 0. The Bertz CT molecular complexity index is 1150. The van der Waals surface area contributed by atoms with Gasteiger partial charge >= 0.3 is 0 Å². The van der Waals surface area contributed by atoms with Crippen LogP contribution in [0, 0.1) is 6.92 Å². The van der Waals surface area contributed by atoms with Gasteiger partial charge in [-0.05, 0) is 54.5 Å². The van der Waals surface area contributed by atoms with Crippen molar-refractivity contribution in [3.05, 3.63) is 89.0 Å². The van der Waals surface area contributed by atoms with E-state index in [1.165, 1.54) is 18.1 Å². The summed E-state index contributed by atoms with van der Waals surface area (Å²) in [4.78, 5) is 27.6. The van der Waals surface area contributed by atoms with Crippen LogP contribution in [0.3, 0.4) is 0 Å². The molecule has 1 aliphatic heterocycles. The molecule has 0 atom stereocenters. The first-order valence-electron chi connectivity index (χ1n) is 9.13. The first kappa shape index (κ1) is 18.5. The Hall–Kier alpha value is -3.86. The van der Waals surface area contributed by atoms with Crippen LogP contribution in [0.4, 0.5) is 5.69 Å². The highest BCUT2D eigenvalue weighted by molar-refractivity contribution is 6.43. The third-order valence-electron chi connectivity index (χ3n) is 4.89. The zero-order valence-electron chi connectivity index (χ0n) is 16.0. The molecule has 0 fully saturated rings. The van der Waals surface area contributed by atoms with Crippen LogP contribution >= 0.6 is 0 Å². The van der Waals surface area contributed by atoms with E-state index in [1.54, 1.807) is 54.6 Å². The molecule has 0 saturated heterocycles. The van der Waals surface area contributed by atoms with Crippen LogP contribution in [-0.4, -0.2) is 24.0 Å². The SMILES string of the molecule is COc1cc(C=C2C(=O)N(c3ccc(C)cc3)C(=O)c3ccccc32)ccc1O. The molecule has 1 aliphatic rings. The van der Waals surface area contributed by atoms with Gasteiger partial charge in [-0.15, -0.1) is 0 Å². The number of carbonyl (C=O) groups is 2. The Kier molecular flexibility index (Phi) is 4.64. The van der Waals surface area contributed by atoms with Crippen LogP contribution in [0.5, 0.6) is 11.5 Å². The molecule has 0 radical (unpaired) electrons. The summed E-state index contributed by atoms with van der Waals surface area (Å²) in [5, 5.41) is 9.83. The van der Waals surface area contributed by atoms with Crippen molar-refractivity contribution in [1.29, 1.82) is 0 Å². The number of nitrogens with zero attached hydrogens (tertiary/aromatic N) is 1. The Balaban J connectivity index is 1.88. The summed E-state index contributed by atoms with van der Waals surface area (Å²) in [7, 11) is 1.46. The van der Waals surface area contributed by atoms with Crippen molar-refractivity contribution in [2.24, 2.45) is 0 Å². The number of anilines is 1. The highest BCUT2D eigenvalue weighted by atomic mass is 16.5. The lowest BCUT2D eigenvalue weighted by Gasteiger charge is -2.28. The van der Waals surface area contributed by atoms with Gasteiger partial charge in [-0.25, -0.2) is 4.90 Å². The average molecular weight is 385 g/mol. The monoisotopic (exact) mass is 385 g/mol. The topological polar surface area (TPSA) is 66.8 Å². The molecule has 3 aromatic rings. The number of imide groups is 1. The van der Waals surface area contributed by atoms with Crippen LogP contribution in [0.2, 0.25) is 0 Å². The van der Waals surface area contributed by atoms with Crippen molar-refractivity contribution in [3.8, 4) is 11.5 Å². The van der Waals surface area contributed by atoms with E-state index in [0.717, 1.165) is 5.56 Å². The average Bonchev–Trinajstić information content (AvgIpc) is 2.73. The molecule has 5 heteroatoms. The van der Waals surface area contributed by atoms with E-state index in [-0.39, 0.29) is 11.7 Å². The summed E-state index contributed by atoms with van der Waals surface area (Å²) in [5.41, 5.74) is 3.68. The molecule has 3 aromatic carbocycles. The Labute approximate surface area is 168 Å². The third-order valence-corrected chi connectivity index (χ3v) is 4.89. The number of hydrogen-bond acceptors (Lipinski definition) is 4. The molecule has 0 saturated carbocycles. The standard InChI is InChI=1S/C24H19NO4/c1-15-7-10-17(11-8-15)25-23(27)19-6-4-3-5-18(19)20(24(25)28)13-16-9-12-21(26)22(14-16)29-2/h3-14,26H,1-2H3. The molecule has 0 spiro atoms. The summed E-state index contributed by atoms with van der Waals surface area (Å²) in [6, 6.07) is 19.2. The smallest absolute Gasteiger partial charge is 0.265 e. The fourth-order valence-corrected chi connectivity index (χ4v) is 3.37. The Morgan fingerprint density at radius 3 is 2.28 bits per heavy atom. The highest BCUT2D eigenvalue weighted by Gasteiger charge is 2.35. The van der Waals surface area contributed by atoms with Crippen molar-refractivity contribution in [2.75, 3.05) is 12.0 Å². The molecule has 2 amide bonds. The van der Waals surface area contributed by atoms with Gasteiger partial charge in [-0.3, -0.25) is 9.59 Å². The maximum atomic E-state index is 13.4. The molecule has 0 bridgehead atoms. The van der Waals surface area contributed by atoms with Crippen molar-refractivity contribution in [1.82, 2.24) is 0 Å². The quantitative estimate of drug-likeness (QED) is 0.535. The van der Waals surface area contributed by atoms with Gasteiger partial charge in [0.05, 0.1) is 12.8 Å². The maximum Gasteiger partial charge on any atom is 0.265 e. The predicted octanol–water partition coefficient (Wildman–Crippen LogP) is 4.44. The van der Waals surface area contributed by atoms with Gasteiger partial charge in [-0.2, -0.15) is 0 Å². The number of hydrogen-bond donors (Lipinski definition) is 1. The Morgan fingerprint density at radius 1 is 0.897 bits per heavy atom. The summed E-state index contributed by atoms with van der Waals surface area (Å²) < 4.78 is 5.16. The van der Waals surface area contributed by atoms with E-state index in [2.05, 4.69) is 0 Å². The normalized spacial score (nSPS) is 14.8. The second kappa shape index (κ2) is 7.28. The Morgan fingerprint density at radius 2 is 1.59 bits per heavy atom. The molecule has 4 rings (SSSR count). The number of ether oxygens (including phenoxy) is 1. The van der Waals surface area contributed by atoms with E-state index >= 15 is 0 Å². The van der Waals surface area contributed by atoms with Gasteiger partial charge in [0.2, 0.25) is 0 Å². The number of benzene rings is 3. The first-order chi connectivity index (χ1) is 14.0. The summed E-state index contributed by atoms with van der Waals surface area (Å²) in [6.07, 6.45) is 1.71. The number of methoxy groups -OCH3 is 1. The van der Waals surface area contributed by atoms with Crippen LogP contribution in [0.1, 0.15) is 27.0 Å². The van der Waals surface area contributed by atoms with Gasteiger partial charge in [0, 0.05) is 11.1 Å². The summed E-state index contributed by atoms with van der Waals surface area (Å²) in [6.45, 7) is 1.95. The second-order valence-corrected chi connectivity index (χ2v) is 6.82. The lowest BCUT2D eigenvalue weighted by atomic mass is 9.91. The molecule has 1 N–H and O–H groups in total. The molecular formula is C24H19NO4. The van der Waals surface area contributed by atoms with Crippen LogP contribution in [0.15, 0.2) is 66.7 Å². The fourth-order valence-electron chi connectivity index (χ4n) is 3.37. The highest BCUT2D eigenvalue weighted by Crippen LogP contribution is 2.34. The van der Waals surface area contributed by atoms with Gasteiger partial charge in [0.15, 0.2) is 11.5 Å². The molecule has 0 aromatic heterocycles. The first-order valence-corrected chi connectivity index (χ1v) is 9.13. The largest absolute Gasteiger partial charge is 0.504 e. The molecule has 1 heterocycles. The lowest BCUT2D eigenvalue weighted by molar-refractivity contribution is -0.112. The lowest BCUT2D eigenvalue weighted by Crippen LogP contribution is -2.41. The van der Waals surface area contributed by atoms with Gasteiger partial charge < -0.3 is 9.84 Å². The predicted molar refractivity (Wildman–Crippen MR) is 112 cm³/mol. The molecular weight excluding hydrogens is 366 g/mol. The van der Waals surface area contributed by atoms with Crippen molar-refractivity contribution in [2.45, 2.75) is 6.92 Å². The molecule has 5 nitrogen and oxygen atoms in total. The van der Waals surface area contributed by atoms with Gasteiger partial charge in [-0.1, -0.05) is 42.0 Å². The van der Waals surface area contributed by atoms with Crippen molar-refractivity contribution < 1.29 is 19.4 Å². The number of rotatable bonds is 3. The second-order valence-electron chi connectivity index (χ2n) is 6.82. The van der Waals surface area contributed by atoms with Crippen LogP contribution in [-0.2, 0) is 4.79 Å². The number of fused-ring (bicyclic) bond motifs is 1. The number of phenolic OH excluding ortho intramolecular Hbond substituents is 1. The van der Waals surface area contributed by atoms with Crippen LogP contribution in [0.25, 0.3) is 11.6 Å². The van der Waals surface area contributed by atoms with E-state index in [1.807, 2.05) is 19.1 Å². The maximum absolute atomic E-state index is 13.4. The summed E-state index contributed by atoms with van der Waals surface area (Å²) in [5.74, 6) is -0.427. The minimum atomic E-state index is -0.399. The van der Waals surface area contributed by atoms with E-state index in [4.69, 9.17) is 4.74 Å². The zero-order chi connectivity index (χ0) is 20.5. The number of aryl methyl sites for hydroxylation is 1. The fraction of sp³-hybridized carbons (Fsp3) is 0.0833. The molecule has 144 valence electrons. The molecule has 0 aliphatic carbocycles. The van der Waals surface area contributed by atoms with Crippen LogP contribution < -0.4 is 9.64 Å². The number of carbonyl (C=O) groups excluding carboxylic acids is 2. The number of amides is 2. The van der Waals surface area contributed by atoms with Crippen molar-refractivity contribution >= 4 is 29.2 Å². The zero-order valence-corrected chi connectivity index (χ0v) is 16.0.